The van der Waals surface area contributed by atoms with Gasteiger partial charge >= 0.3 is 0 Å². The van der Waals surface area contributed by atoms with E-state index in [1.54, 1.807) is 25.3 Å². The minimum atomic E-state index is -0.388. The molecule has 3 aromatic rings. The lowest BCUT2D eigenvalue weighted by Gasteiger charge is -2.15. The van der Waals surface area contributed by atoms with Crippen LogP contribution < -0.4 is 15.0 Å². The summed E-state index contributed by atoms with van der Waals surface area (Å²) in [6, 6.07) is 23.8. The Morgan fingerprint density at radius 1 is 0.828 bits per heavy atom. The lowest BCUT2D eigenvalue weighted by atomic mass is 10.0. The predicted molar refractivity (Wildman–Crippen MR) is 114 cm³/mol. The number of amides is 2. The standard InChI is InChI=1S/C24H20N2O3/c1-16-11-13-19(14-12-16)26-23(27)21(17-7-4-3-5-8-17)22(24(26)28)25-18-9-6-10-20(15-18)29-2/h3-15,25H,1-2H3. The Bertz CT molecular complexity index is 1100. The van der Waals surface area contributed by atoms with Crippen LogP contribution in [0.2, 0.25) is 0 Å². The molecule has 0 unspecified atom stereocenters. The van der Waals surface area contributed by atoms with Gasteiger partial charge in [-0.2, -0.15) is 0 Å². The van der Waals surface area contributed by atoms with Crippen molar-refractivity contribution in [1.82, 2.24) is 0 Å². The van der Waals surface area contributed by atoms with Crippen LogP contribution in [0.5, 0.6) is 5.75 Å². The second-order valence-corrected chi connectivity index (χ2v) is 6.75. The molecular formula is C24H20N2O3. The third-order valence-corrected chi connectivity index (χ3v) is 4.78. The Hall–Kier alpha value is -3.86. The fourth-order valence-corrected chi connectivity index (χ4v) is 3.29. The lowest BCUT2D eigenvalue weighted by molar-refractivity contribution is -0.120. The van der Waals surface area contributed by atoms with Gasteiger partial charge in [-0.05, 0) is 36.8 Å². The first-order valence-electron chi connectivity index (χ1n) is 9.24. The predicted octanol–water partition coefficient (Wildman–Crippen LogP) is 4.40. The largest absolute Gasteiger partial charge is 0.497 e. The Kier molecular flexibility index (Phi) is 4.87. The van der Waals surface area contributed by atoms with E-state index in [2.05, 4.69) is 5.32 Å². The molecule has 0 atom stereocenters. The van der Waals surface area contributed by atoms with Crippen molar-refractivity contribution < 1.29 is 14.3 Å². The van der Waals surface area contributed by atoms with Crippen molar-refractivity contribution in [2.24, 2.45) is 0 Å². The van der Waals surface area contributed by atoms with Gasteiger partial charge in [-0.15, -0.1) is 0 Å². The number of carbonyl (C=O) groups is 2. The van der Waals surface area contributed by atoms with E-state index >= 15 is 0 Å². The summed E-state index contributed by atoms with van der Waals surface area (Å²) in [5.41, 5.74) is 3.54. The molecule has 5 heteroatoms. The first kappa shape index (κ1) is 18.5. The Balaban J connectivity index is 1.80. The first-order valence-corrected chi connectivity index (χ1v) is 9.24. The zero-order chi connectivity index (χ0) is 20.4. The van der Waals surface area contributed by atoms with E-state index in [4.69, 9.17) is 4.74 Å². The van der Waals surface area contributed by atoms with Crippen LogP contribution in [0.3, 0.4) is 0 Å². The molecular weight excluding hydrogens is 364 g/mol. The van der Waals surface area contributed by atoms with Crippen LogP contribution >= 0.6 is 0 Å². The monoisotopic (exact) mass is 384 g/mol. The fourth-order valence-electron chi connectivity index (χ4n) is 3.29. The van der Waals surface area contributed by atoms with Crippen LogP contribution in [0.1, 0.15) is 11.1 Å². The number of imide groups is 1. The highest BCUT2D eigenvalue weighted by Crippen LogP contribution is 2.34. The summed E-state index contributed by atoms with van der Waals surface area (Å²) in [6.07, 6.45) is 0. The fraction of sp³-hybridized carbons (Fsp3) is 0.0833. The van der Waals surface area contributed by atoms with Crippen molar-refractivity contribution in [1.29, 1.82) is 0 Å². The van der Waals surface area contributed by atoms with Gasteiger partial charge in [0.1, 0.15) is 11.4 Å². The number of benzene rings is 3. The number of ether oxygens (including phenoxy) is 1. The van der Waals surface area contributed by atoms with Crippen molar-refractivity contribution in [3.8, 4) is 5.75 Å². The van der Waals surface area contributed by atoms with Gasteiger partial charge < -0.3 is 10.1 Å². The van der Waals surface area contributed by atoms with Crippen LogP contribution in [-0.4, -0.2) is 18.9 Å². The molecule has 0 aromatic heterocycles. The summed E-state index contributed by atoms with van der Waals surface area (Å²) < 4.78 is 5.26. The Morgan fingerprint density at radius 3 is 2.24 bits per heavy atom. The van der Waals surface area contributed by atoms with Crippen molar-refractivity contribution in [2.45, 2.75) is 6.92 Å². The van der Waals surface area contributed by atoms with Crippen LogP contribution in [0.4, 0.5) is 11.4 Å². The number of rotatable bonds is 5. The van der Waals surface area contributed by atoms with Crippen LogP contribution in [-0.2, 0) is 9.59 Å². The van der Waals surface area contributed by atoms with Crippen molar-refractivity contribution in [3.05, 3.63) is 95.7 Å². The maximum absolute atomic E-state index is 13.3. The molecule has 0 aliphatic carbocycles. The summed E-state index contributed by atoms with van der Waals surface area (Å²) in [6.45, 7) is 1.96. The number of methoxy groups -OCH3 is 1. The van der Waals surface area contributed by atoms with Crippen molar-refractivity contribution in [2.75, 3.05) is 17.3 Å². The Morgan fingerprint density at radius 2 is 1.55 bits per heavy atom. The molecule has 0 radical (unpaired) electrons. The summed E-state index contributed by atoms with van der Waals surface area (Å²) >= 11 is 0. The van der Waals surface area contributed by atoms with E-state index in [0.29, 0.717) is 28.3 Å². The van der Waals surface area contributed by atoms with Gasteiger partial charge in [-0.3, -0.25) is 9.59 Å². The highest BCUT2D eigenvalue weighted by atomic mass is 16.5. The van der Waals surface area contributed by atoms with Gasteiger partial charge in [0.15, 0.2) is 0 Å². The van der Waals surface area contributed by atoms with Crippen LogP contribution in [0, 0.1) is 6.92 Å². The van der Waals surface area contributed by atoms with Gasteiger partial charge in [0.2, 0.25) is 0 Å². The van der Waals surface area contributed by atoms with E-state index < -0.39 is 0 Å². The SMILES string of the molecule is COc1cccc(NC2=C(c3ccccc3)C(=O)N(c3ccc(C)cc3)C2=O)c1. The highest BCUT2D eigenvalue weighted by Gasteiger charge is 2.40. The second kappa shape index (κ2) is 7.64. The quantitative estimate of drug-likeness (QED) is 0.663. The summed E-state index contributed by atoms with van der Waals surface area (Å²) in [5, 5.41) is 3.14. The number of hydrogen-bond donors (Lipinski definition) is 1. The van der Waals surface area contributed by atoms with Gasteiger partial charge in [0.25, 0.3) is 11.8 Å². The van der Waals surface area contributed by atoms with E-state index in [0.717, 1.165) is 5.56 Å². The number of nitrogens with one attached hydrogen (secondary N) is 1. The summed E-state index contributed by atoms with van der Waals surface area (Å²) in [4.78, 5) is 27.8. The molecule has 0 saturated heterocycles. The molecule has 0 fully saturated rings. The summed E-state index contributed by atoms with van der Waals surface area (Å²) in [5.74, 6) is -0.0833. The van der Waals surface area contributed by atoms with Crippen LogP contribution in [0.15, 0.2) is 84.6 Å². The third kappa shape index (κ3) is 3.50. The molecule has 29 heavy (non-hydrogen) atoms. The average Bonchev–Trinajstić information content (AvgIpc) is 2.99. The lowest BCUT2D eigenvalue weighted by Crippen LogP contribution is -2.32. The molecule has 2 amide bonds. The number of hydrogen-bond acceptors (Lipinski definition) is 4. The van der Waals surface area contributed by atoms with Crippen molar-refractivity contribution >= 4 is 28.8 Å². The molecule has 0 saturated carbocycles. The van der Waals surface area contributed by atoms with Gasteiger partial charge in [0, 0.05) is 11.8 Å². The second-order valence-electron chi connectivity index (χ2n) is 6.75. The molecule has 1 N–H and O–H groups in total. The molecule has 0 bridgehead atoms. The van der Waals surface area contributed by atoms with E-state index in [1.807, 2.05) is 67.6 Å². The van der Waals surface area contributed by atoms with E-state index in [-0.39, 0.29) is 17.5 Å². The van der Waals surface area contributed by atoms with Crippen molar-refractivity contribution in [3.63, 3.8) is 0 Å². The first-order chi connectivity index (χ1) is 14.1. The van der Waals surface area contributed by atoms with E-state index in [9.17, 15) is 9.59 Å². The molecule has 144 valence electrons. The zero-order valence-corrected chi connectivity index (χ0v) is 16.2. The molecule has 1 aliphatic heterocycles. The molecule has 0 spiro atoms. The third-order valence-electron chi connectivity index (χ3n) is 4.78. The average molecular weight is 384 g/mol. The number of carbonyl (C=O) groups excluding carboxylic acids is 2. The molecule has 4 rings (SSSR count). The molecule has 1 aliphatic rings. The normalized spacial score (nSPS) is 13.8. The maximum Gasteiger partial charge on any atom is 0.282 e. The van der Waals surface area contributed by atoms with Gasteiger partial charge in [0.05, 0.1) is 18.4 Å². The maximum atomic E-state index is 13.3. The van der Waals surface area contributed by atoms with Gasteiger partial charge in [-0.25, -0.2) is 4.90 Å². The zero-order valence-electron chi connectivity index (χ0n) is 16.2. The minimum absolute atomic E-state index is 0.245. The molecule has 3 aromatic carbocycles. The Labute approximate surface area is 169 Å². The number of aryl methyl sites for hydroxylation is 1. The minimum Gasteiger partial charge on any atom is -0.497 e. The number of nitrogens with zero attached hydrogens (tertiary/aromatic N) is 1. The van der Waals surface area contributed by atoms with E-state index in [1.165, 1.54) is 4.90 Å². The summed E-state index contributed by atoms with van der Waals surface area (Å²) in [7, 11) is 1.58. The van der Waals surface area contributed by atoms with Crippen LogP contribution in [0.25, 0.3) is 5.57 Å². The number of anilines is 2. The topological polar surface area (TPSA) is 58.6 Å². The highest BCUT2D eigenvalue weighted by molar-refractivity contribution is 6.46. The molecule has 1 heterocycles. The van der Waals surface area contributed by atoms with Gasteiger partial charge in [-0.1, -0.05) is 54.1 Å². The molecule has 5 nitrogen and oxygen atoms in total. The smallest absolute Gasteiger partial charge is 0.282 e.